The molecule has 0 spiro atoms. The van der Waals surface area contributed by atoms with Crippen LogP contribution in [0.5, 0.6) is 0 Å². The number of aliphatic carboxylic acids is 1. The van der Waals surface area contributed by atoms with Gasteiger partial charge in [0.25, 0.3) is 5.97 Å². The minimum Gasteiger partial charge on any atom is -1.00 e. The van der Waals surface area contributed by atoms with Gasteiger partial charge in [-0.05, 0) is 261 Å². The number of Topliss-reactive ketones (excluding diaryl/α,β-unsaturated/α-hetero) is 2. The molecule has 795 valence electrons. The number of aromatic nitrogens is 8. The number of nitrogens with zero attached hydrogens (tertiary/aromatic N) is 10. The Kier molecular flexibility index (Phi) is 66.3. The number of ether oxygens (including phenoxy) is 7. The number of aliphatic hydroxyl groups is 4. The molecular weight excluding hydrogens is 2020 g/mol. The van der Waals surface area contributed by atoms with E-state index in [4.69, 9.17) is 96.5 Å². The average molecular weight is 2170 g/mol. The number of fused-ring (bicyclic) bond motifs is 4. The molecule has 0 aromatic carbocycles. The molecule has 12 aromatic heterocycles. The smallest absolute Gasteiger partial charge is 1.00 e. The van der Waals surface area contributed by atoms with Crippen LogP contribution < -0.4 is 92.8 Å². The number of hydrogen-bond donors (Lipinski definition) is 12. The number of aliphatic hydroxyl groups excluding tert-OH is 4. The van der Waals surface area contributed by atoms with Crippen LogP contribution in [0.2, 0.25) is 0 Å². The van der Waals surface area contributed by atoms with Crippen molar-refractivity contribution in [1.82, 2.24) is 52.7 Å². The monoisotopic (exact) mass is 2170 g/mol. The Morgan fingerprint density at radius 3 is 1.06 bits per heavy atom. The number of nitrogen functional groups attached to an aromatic ring is 4. The fraction of sp³-hybridized carbons (Fsp3) is 0.419. The van der Waals surface area contributed by atoms with Crippen LogP contribution in [0, 0.1) is 27.7 Å². The summed E-state index contributed by atoms with van der Waals surface area (Å²) in [6, 6.07) is 29.4. The van der Waals surface area contributed by atoms with Gasteiger partial charge in [-0.1, -0.05) is 20.1 Å². The Hall–Kier alpha value is -10.1. The number of nitrogens with two attached hydrogens (primary N) is 4. The summed E-state index contributed by atoms with van der Waals surface area (Å²) in [7, 11) is -1.46. The molecule has 43 heteroatoms. The van der Waals surface area contributed by atoms with Gasteiger partial charge in [-0.15, -0.1) is 0 Å². The molecule has 15 heterocycles. The van der Waals surface area contributed by atoms with Gasteiger partial charge >= 0.3 is 90.1 Å². The normalized spacial score (nSPS) is 12.3. The number of esters is 4. The molecular formula is C105H149B2BrN15Na2O22Ti. The Morgan fingerprint density at radius 1 is 0.459 bits per heavy atom. The zero-order chi connectivity index (χ0) is 106. The summed E-state index contributed by atoms with van der Waals surface area (Å²) in [4.78, 5) is 104. The predicted molar refractivity (Wildman–Crippen MR) is 575 cm³/mol. The van der Waals surface area contributed by atoms with E-state index >= 15 is 0 Å². The van der Waals surface area contributed by atoms with Crippen LogP contribution in [0.4, 0.5) is 23.3 Å². The molecule has 3 radical (unpaired) electrons. The molecule has 1 atom stereocenters. The molecule has 0 saturated carbocycles. The first-order valence-corrected chi connectivity index (χ1v) is 47.6. The number of anilines is 4. The molecule has 15 rings (SSSR count). The Labute approximate surface area is 940 Å². The van der Waals surface area contributed by atoms with Gasteiger partial charge in [0.15, 0.2) is 11.6 Å². The van der Waals surface area contributed by atoms with E-state index < -0.39 is 25.0 Å². The first kappa shape index (κ1) is 140. The number of rotatable bonds is 18. The maximum Gasteiger partial charge on any atom is 1.00 e. The molecule has 12 aromatic rings. The first-order valence-electron chi connectivity index (χ1n) is 46.8. The SMILES string of the molecule is C.C1COCCN1.C=C(c1c(C)c(C(=O)OC(C)C)cc2cc(-c3ccc(N)nc3)cn12)N1CCOCC1.CC(=O)O.CC(C)O.CC(C)O.CC(C)O.CC(C)O.CCOC(=O)c1cc2cc(-c3ccc(N)nc3)cn2c(C(C)=O)c1C.CCOC(=O)c1cc2cc(Br)cn2c(C(C)=O)c1C.Cc1c(C(=O)OC(C)C)cc2cc(-c3ccc(N)nc3)cn2c1C(C)N1CCOCC1.Nc1ccc(B(O)O)cn1.[B].[H-].[Na+].[Na+].[OH-].[Ti]. The van der Waals surface area contributed by atoms with Crippen molar-refractivity contribution in [1.29, 1.82) is 0 Å². The van der Waals surface area contributed by atoms with Gasteiger partial charge in [0, 0.05) is 241 Å². The first-order chi connectivity index (χ1) is 66.9. The van der Waals surface area contributed by atoms with Gasteiger partial charge < -0.3 is 126 Å². The number of carboxylic acids is 1. The van der Waals surface area contributed by atoms with Crippen LogP contribution >= 0.6 is 15.9 Å². The van der Waals surface area contributed by atoms with Crippen LogP contribution in [0.1, 0.15) is 236 Å². The van der Waals surface area contributed by atoms with E-state index in [1.54, 1.807) is 141 Å². The fourth-order valence-electron chi connectivity index (χ4n) is 14.4. The summed E-state index contributed by atoms with van der Waals surface area (Å²) in [6.45, 7) is 53.2. The van der Waals surface area contributed by atoms with Crippen molar-refractivity contribution in [3.8, 4) is 33.4 Å². The third-order valence-electron chi connectivity index (χ3n) is 20.3. The summed E-state index contributed by atoms with van der Waals surface area (Å²) in [5, 5.41) is 60.0. The number of carbonyl (C=O) groups excluding carboxylic acids is 6. The molecule has 3 saturated heterocycles. The van der Waals surface area contributed by atoms with Gasteiger partial charge in [0.05, 0.1) is 110 Å². The standard InChI is InChI=1S/C24H30N4O3.C24H28N4O3.C19H19N3O3.C14H14BrNO3.C5H7BN2O2.C4H9NO.4C3H8O.C2H4O2.CH4.B.2Na.H2O.Ti.H/c2*1-15(2)31-24(29)21-12-20-11-19(18-5-6-22(25)26-13-18)14-28(20)23(16(21)3)17(4)27-7-9-30-10-8-27;1-4-25-19(24)16-8-15-7-14(13-5-6-17(20)21-9-13)10-22(15)18(11(16)2)12(3)23;1-4-19-14(18)12-6-11-5-10(15)7-16(11)13(8(12)2)9(3)17;7-5-2-1-4(3-8-5)6(9)10;1-3-6-4-2-5-1;4*1-3(2)4;1-2(3)4;;;;;;;/h5-6,11-15,17H,7-10H2,1-4H3,(H2,25,26);5-6,11-15H,4,7-10H2,1-3H3,(H2,25,26);5-10H,4H2,1-3H3,(H2,20,21);5-7H,4H2,1-3H3;1-3,9-10H,(H2,7,8);5H,1-4H2;4*3-4H,1-2H3;1H3,(H,3,4);1H4;;;;1H2;;/q;;;;;;;;;;;;;2*+1;;;-1/p-1. The zero-order valence-electron chi connectivity index (χ0n) is 90.1. The predicted octanol–water partition coefficient (Wildman–Crippen LogP) is 8.06. The molecule has 0 amide bonds. The van der Waals surface area contributed by atoms with Crippen molar-refractivity contribution in [3.63, 3.8) is 0 Å². The summed E-state index contributed by atoms with van der Waals surface area (Å²) in [5.74, 6) is -0.716. The van der Waals surface area contributed by atoms with Crippen molar-refractivity contribution in [2.45, 2.75) is 202 Å². The summed E-state index contributed by atoms with van der Waals surface area (Å²) >= 11 is 3.38. The van der Waals surface area contributed by atoms with E-state index in [2.05, 4.69) is 85.5 Å². The molecule has 17 N–H and O–H groups in total. The van der Waals surface area contributed by atoms with E-state index in [-0.39, 0.29) is 176 Å². The van der Waals surface area contributed by atoms with Crippen LogP contribution in [-0.4, -0.2) is 274 Å². The van der Waals surface area contributed by atoms with Crippen LogP contribution in [0.3, 0.4) is 0 Å². The third kappa shape index (κ3) is 45.2. The summed E-state index contributed by atoms with van der Waals surface area (Å²) in [6.07, 6.45) is 13.3. The van der Waals surface area contributed by atoms with E-state index in [1.165, 1.54) is 32.2 Å². The Bertz CT molecular complexity index is 6070. The quantitative estimate of drug-likeness (QED) is 0.0167. The van der Waals surface area contributed by atoms with E-state index in [1.807, 2.05) is 109 Å². The van der Waals surface area contributed by atoms with Gasteiger partial charge in [-0.2, -0.15) is 0 Å². The second-order valence-corrected chi connectivity index (χ2v) is 35.5. The topological polar surface area (TPSA) is 548 Å². The molecule has 1 unspecified atom stereocenters. The molecule has 0 aliphatic carbocycles. The number of carbonyl (C=O) groups is 7. The number of halogens is 1. The van der Waals surface area contributed by atoms with Gasteiger partial charge in [-0.3, -0.25) is 19.3 Å². The molecule has 3 aliphatic heterocycles. The summed E-state index contributed by atoms with van der Waals surface area (Å²) in [5.41, 5.74) is 40.6. The van der Waals surface area contributed by atoms with Crippen molar-refractivity contribution in [3.05, 3.63) is 225 Å². The number of pyridine rings is 8. The van der Waals surface area contributed by atoms with Crippen molar-refractivity contribution < 1.29 is 190 Å². The van der Waals surface area contributed by atoms with E-state index in [0.717, 1.165) is 161 Å². The second kappa shape index (κ2) is 70.1. The number of carboxylic acid groups (broad SMARTS) is 1. The minimum absolute atomic E-state index is 0. The molecule has 148 heavy (non-hydrogen) atoms. The van der Waals surface area contributed by atoms with Crippen LogP contribution in [0.25, 0.3) is 61.1 Å². The maximum absolute atomic E-state index is 12.9. The molecule has 0 bridgehead atoms. The van der Waals surface area contributed by atoms with Gasteiger partial charge in [-0.25, -0.2) is 39.1 Å². The largest absolute Gasteiger partial charge is 1.00 e. The number of hydrogen-bond acceptors (Lipinski definition) is 32. The van der Waals surface area contributed by atoms with E-state index in [0.29, 0.717) is 93.3 Å². The second-order valence-electron chi connectivity index (χ2n) is 34.6. The van der Waals surface area contributed by atoms with Crippen LogP contribution in [-0.2, 0) is 59.7 Å². The maximum atomic E-state index is 12.9. The summed E-state index contributed by atoms with van der Waals surface area (Å²) < 4.78 is 46.0. The Morgan fingerprint density at radius 2 is 0.757 bits per heavy atom. The Balaban J connectivity index is -0.00000170. The number of ketones is 2. The average Bonchev–Trinajstić information content (AvgIpc) is 1.63. The van der Waals surface area contributed by atoms with Crippen molar-refractivity contribution in [2.24, 2.45) is 0 Å². The van der Waals surface area contributed by atoms with Gasteiger partial charge in [0.1, 0.15) is 23.3 Å². The number of morpholine rings is 3. The van der Waals surface area contributed by atoms with Crippen molar-refractivity contribution >= 4 is 129 Å². The molecule has 3 fully saturated rings. The van der Waals surface area contributed by atoms with Gasteiger partial charge in [0.2, 0.25) is 0 Å². The van der Waals surface area contributed by atoms with Crippen molar-refractivity contribution in [2.75, 3.05) is 115 Å². The molecule has 37 nitrogen and oxygen atoms in total. The zero-order valence-corrected chi connectivity index (χ0v) is 96.3. The number of nitrogens with one attached hydrogen (secondary N) is 1. The van der Waals surface area contributed by atoms with Crippen LogP contribution in [0.15, 0.2) is 158 Å². The molecule has 3 aliphatic rings. The fourth-order valence-corrected chi connectivity index (χ4v) is 14.8. The third-order valence-corrected chi connectivity index (χ3v) is 20.8. The minimum atomic E-state index is -1.46. The van der Waals surface area contributed by atoms with E-state index in [9.17, 15) is 28.8 Å².